The van der Waals surface area contributed by atoms with E-state index in [0.717, 1.165) is 11.3 Å². The average Bonchev–Trinajstić information content (AvgIpc) is 2.37. The average molecular weight is 263 g/mol. The second-order valence-corrected chi connectivity index (χ2v) is 5.77. The Labute approximate surface area is 113 Å². The zero-order valence-electron chi connectivity index (χ0n) is 11.7. The first-order valence-electron chi connectivity index (χ1n) is 6.48. The highest BCUT2D eigenvalue weighted by Gasteiger charge is 2.45. The van der Waals surface area contributed by atoms with Crippen LogP contribution in [0.4, 0.5) is 0 Å². The topological polar surface area (TPSA) is 61.5 Å². The number of fused-ring (bicyclic) bond motifs is 1. The van der Waals surface area contributed by atoms with Crippen LogP contribution in [0, 0.1) is 0 Å². The van der Waals surface area contributed by atoms with E-state index >= 15 is 0 Å². The molecule has 1 aromatic carbocycles. The van der Waals surface area contributed by atoms with Crippen LogP contribution in [-0.2, 0) is 14.9 Å². The second kappa shape index (κ2) is 4.85. The standard InChI is InChI=1S/C15H21NO3/c1-14(2)9-15(10-16,8-13(17)18-3)11-6-4-5-7-12(11)19-14/h4-7H,8-10,16H2,1-3H3. The van der Waals surface area contributed by atoms with Crippen molar-refractivity contribution >= 4 is 5.97 Å². The molecular formula is C15H21NO3. The van der Waals surface area contributed by atoms with Crippen LogP contribution in [0.15, 0.2) is 24.3 Å². The molecule has 1 aromatic rings. The SMILES string of the molecule is COC(=O)CC1(CN)CC(C)(C)Oc2ccccc21. The van der Waals surface area contributed by atoms with Gasteiger partial charge in [-0.1, -0.05) is 18.2 Å². The minimum absolute atomic E-state index is 0.238. The van der Waals surface area contributed by atoms with Crippen LogP contribution in [0.5, 0.6) is 5.75 Å². The largest absolute Gasteiger partial charge is 0.488 e. The van der Waals surface area contributed by atoms with Crippen LogP contribution >= 0.6 is 0 Å². The summed E-state index contributed by atoms with van der Waals surface area (Å²) in [6.07, 6.45) is 0.979. The van der Waals surface area contributed by atoms with E-state index in [9.17, 15) is 4.79 Å². The van der Waals surface area contributed by atoms with Crippen LogP contribution in [0.25, 0.3) is 0 Å². The highest BCUT2D eigenvalue weighted by Crippen LogP contribution is 2.46. The molecule has 1 heterocycles. The Balaban J connectivity index is 2.49. The molecule has 0 aromatic heterocycles. The number of nitrogens with two attached hydrogens (primary N) is 1. The summed E-state index contributed by atoms with van der Waals surface area (Å²) < 4.78 is 10.8. The molecule has 2 N–H and O–H groups in total. The van der Waals surface area contributed by atoms with Crippen molar-refractivity contribution in [3.05, 3.63) is 29.8 Å². The second-order valence-electron chi connectivity index (χ2n) is 5.77. The van der Waals surface area contributed by atoms with E-state index in [0.29, 0.717) is 13.0 Å². The predicted molar refractivity (Wildman–Crippen MR) is 73.1 cm³/mol. The van der Waals surface area contributed by atoms with Gasteiger partial charge in [0.05, 0.1) is 13.5 Å². The van der Waals surface area contributed by atoms with Gasteiger partial charge in [0.25, 0.3) is 0 Å². The fourth-order valence-electron chi connectivity index (χ4n) is 3.00. The number of hydrogen-bond donors (Lipinski definition) is 1. The summed E-state index contributed by atoms with van der Waals surface area (Å²) in [5, 5.41) is 0. The molecule has 4 nitrogen and oxygen atoms in total. The zero-order chi connectivity index (χ0) is 14.1. The zero-order valence-corrected chi connectivity index (χ0v) is 11.7. The Hall–Kier alpha value is -1.55. The summed E-state index contributed by atoms with van der Waals surface area (Å²) in [4.78, 5) is 11.7. The van der Waals surface area contributed by atoms with Crippen LogP contribution in [-0.4, -0.2) is 25.2 Å². The third-order valence-electron chi connectivity index (χ3n) is 3.71. The summed E-state index contributed by atoms with van der Waals surface area (Å²) in [6.45, 7) is 4.43. The highest BCUT2D eigenvalue weighted by atomic mass is 16.5. The van der Waals surface area contributed by atoms with Crippen LogP contribution in [0.1, 0.15) is 32.3 Å². The molecule has 1 aliphatic rings. The molecule has 1 unspecified atom stereocenters. The van der Waals surface area contributed by atoms with Crippen molar-refractivity contribution in [1.29, 1.82) is 0 Å². The lowest BCUT2D eigenvalue weighted by atomic mass is 9.68. The maximum Gasteiger partial charge on any atom is 0.306 e. The molecule has 1 aliphatic heterocycles. The lowest BCUT2D eigenvalue weighted by Gasteiger charge is -2.45. The quantitative estimate of drug-likeness (QED) is 0.847. The van der Waals surface area contributed by atoms with Crippen molar-refractivity contribution in [1.82, 2.24) is 0 Å². The number of methoxy groups -OCH3 is 1. The predicted octanol–water partition coefficient (Wildman–Crippen LogP) is 2.01. The summed E-state index contributed by atoms with van der Waals surface area (Å²) in [5.41, 5.74) is 6.26. The van der Waals surface area contributed by atoms with Crippen molar-refractivity contribution in [2.45, 2.75) is 37.7 Å². The Morgan fingerprint density at radius 2 is 2.11 bits per heavy atom. The summed E-state index contributed by atoms with van der Waals surface area (Å²) in [6, 6.07) is 7.79. The van der Waals surface area contributed by atoms with Gasteiger partial charge in [-0.05, 0) is 26.3 Å². The number of para-hydroxylation sites is 1. The molecular weight excluding hydrogens is 242 g/mol. The van der Waals surface area contributed by atoms with Crippen molar-refractivity contribution in [2.24, 2.45) is 5.73 Å². The third-order valence-corrected chi connectivity index (χ3v) is 3.71. The molecule has 0 amide bonds. The molecule has 104 valence electrons. The van der Waals surface area contributed by atoms with Gasteiger partial charge in [-0.3, -0.25) is 4.79 Å². The first-order chi connectivity index (χ1) is 8.92. The smallest absolute Gasteiger partial charge is 0.306 e. The Kier molecular flexibility index (Phi) is 3.54. The van der Waals surface area contributed by atoms with Gasteiger partial charge in [-0.25, -0.2) is 0 Å². The lowest BCUT2D eigenvalue weighted by Crippen LogP contribution is -2.49. The van der Waals surface area contributed by atoms with Gasteiger partial charge in [0.1, 0.15) is 11.4 Å². The summed E-state index contributed by atoms with van der Waals surface area (Å²) in [5.74, 6) is 0.575. The summed E-state index contributed by atoms with van der Waals surface area (Å²) >= 11 is 0. The van der Waals surface area contributed by atoms with Crippen LogP contribution in [0.2, 0.25) is 0 Å². The van der Waals surface area contributed by atoms with E-state index in [1.54, 1.807) is 0 Å². The molecule has 1 atom stereocenters. The van der Waals surface area contributed by atoms with Gasteiger partial charge in [0.15, 0.2) is 0 Å². The molecule has 0 aliphatic carbocycles. The molecule has 0 spiro atoms. The minimum Gasteiger partial charge on any atom is -0.488 e. The third kappa shape index (κ3) is 2.59. The minimum atomic E-state index is -0.411. The molecule has 19 heavy (non-hydrogen) atoms. The van der Waals surface area contributed by atoms with Gasteiger partial charge in [0, 0.05) is 17.5 Å². The normalized spacial score (nSPS) is 24.2. The summed E-state index contributed by atoms with van der Waals surface area (Å²) in [7, 11) is 1.41. The van der Waals surface area contributed by atoms with Gasteiger partial charge in [-0.2, -0.15) is 0 Å². The van der Waals surface area contributed by atoms with E-state index in [2.05, 4.69) is 0 Å². The molecule has 0 saturated carbocycles. The van der Waals surface area contributed by atoms with E-state index in [-0.39, 0.29) is 18.0 Å². The maximum atomic E-state index is 11.7. The van der Waals surface area contributed by atoms with Gasteiger partial charge < -0.3 is 15.2 Å². The molecule has 0 radical (unpaired) electrons. The fraction of sp³-hybridized carbons (Fsp3) is 0.533. The number of ether oxygens (including phenoxy) is 2. The molecule has 0 bridgehead atoms. The molecule has 2 rings (SSSR count). The van der Waals surface area contributed by atoms with Gasteiger partial charge in [-0.15, -0.1) is 0 Å². The van der Waals surface area contributed by atoms with Crippen molar-refractivity contribution in [2.75, 3.05) is 13.7 Å². The van der Waals surface area contributed by atoms with E-state index < -0.39 is 5.41 Å². The highest BCUT2D eigenvalue weighted by molar-refractivity contribution is 5.72. The van der Waals surface area contributed by atoms with Crippen LogP contribution in [0.3, 0.4) is 0 Å². The van der Waals surface area contributed by atoms with Crippen molar-refractivity contribution < 1.29 is 14.3 Å². The van der Waals surface area contributed by atoms with Crippen LogP contribution < -0.4 is 10.5 Å². The molecule has 0 saturated heterocycles. The number of esters is 1. The molecule has 4 heteroatoms. The Morgan fingerprint density at radius 3 is 2.74 bits per heavy atom. The number of hydrogen-bond acceptors (Lipinski definition) is 4. The number of carbonyl (C=O) groups excluding carboxylic acids is 1. The van der Waals surface area contributed by atoms with Gasteiger partial charge in [0.2, 0.25) is 0 Å². The van der Waals surface area contributed by atoms with E-state index in [4.69, 9.17) is 15.2 Å². The lowest BCUT2D eigenvalue weighted by molar-refractivity contribution is -0.142. The van der Waals surface area contributed by atoms with E-state index in [1.165, 1.54) is 7.11 Å². The maximum absolute atomic E-state index is 11.7. The van der Waals surface area contributed by atoms with Gasteiger partial charge >= 0.3 is 5.97 Å². The van der Waals surface area contributed by atoms with Crippen molar-refractivity contribution in [3.8, 4) is 5.75 Å². The first kappa shape index (κ1) is 13.9. The monoisotopic (exact) mass is 263 g/mol. The number of rotatable bonds is 3. The Bertz CT molecular complexity index is 484. The molecule has 0 fully saturated rings. The fourth-order valence-corrected chi connectivity index (χ4v) is 3.00. The van der Waals surface area contributed by atoms with Crippen molar-refractivity contribution in [3.63, 3.8) is 0 Å². The first-order valence-corrected chi connectivity index (χ1v) is 6.48. The Morgan fingerprint density at radius 1 is 1.42 bits per heavy atom. The van der Waals surface area contributed by atoms with E-state index in [1.807, 2.05) is 38.1 Å². The number of benzene rings is 1. The number of carbonyl (C=O) groups is 1.